The Morgan fingerprint density at radius 1 is 1.15 bits per heavy atom. The predicted octanol–water partition coefficient (Wildman–Crippen LogP) is 1.79. The van der Waals surface area contributed by atoms with Crippen molar-refractivity contribution in [2.24, 2.45) is 29.1 Å². The molecule has 7 atom stereocenters. The Hall–Kier alpha value is -2.88. The van der Waals surface area contributed by atoms with Gasteiger partial charge in [-0.25, -0.2) is 0 Å². The molecule has 2 heterocycles. The summed E-state index contributed by atoms with van der Waals surface area (Å²) in [7, 11) is 0. The number of nitrogens with one attached hydrogen (secondary N) is 3. The van der Waals surface area contributed by atoms with Gasteiger partial charge >= 0.3 is 12.1 Å². The molecule has 0 unspecified atom stereocenters. The van der Waals surface area contributed by atoms with Crippen LogP contribution in [0, 0.1) is 40.4 Å². The fourth-order valence-electron chi connectivity index (χ4n) is 7.67. The van der Waals surface area contributed by atoms with Crippen molar-refractivity contribution in [2.45, 2.75) is 108 Å². The zero-order valence-electron chi connectivity index (χ0n) is 23.9. The number of amides is 4. The molecule has 10 nitrogen and oxygen atoms in total. The SMILES string of the molecule is C[C@@H](OC12CC(C1)C2)[C@H](NC(=O)C(F)(F)F)C(=O)N1C[C@H]2[C@@H]([C@H]1C(=O)N[C@H](C#N)C[C@@H]1CC(C)(C)NC1=O)C2(C)C. The number of carbonyl (C=O) groups excluding carboxylic acids is 4. The molecule has 13 heteroatoms. The Labute approximate surface area is 237 Å². The molecule has 0 aromatic rings. The van der Waals surface area contributed by atoms with Crippen LogP contribution in [0.3, 0.4) is 0 Å². The van der Waals surface area contributed by atoms with E-state index in [0.717, 1.165) is 19.3 Å². The van der Waals surface area contributed by atoms with E-state index in [1.54, 1.807) is 0 Å². The van der Waals surface area contributed by atoms with Gasteiger partial charge in [0.1, 0.15) is 18.1 Å². The van der Waals surface area contributed by atoms with Crippen molar-refractivity contribution in [1.29, 1.82) is 5.26 Å². The van der Waals surface area contributed by atoms with Gasteiger partial charge in [0.25, 0.3) is 0 Å². The smallest absolute Gasteiger partial charge is 0.369 e. The molecule has 4 saturated carbocycles. The average molecular weight is 582 g/mol. The molecular formula is C28H38F3N5O5. The van der Waals surface area contributed by atoms with E-state index in [1.807, 2.05) is 39.1 Å². The quantitative estimate of drug-likeness (QED) is 0.379. The first-order chi connectivity index (χ1) is 18.9. The molecule has 2 saturated heterocycles. The minimum atomic E-state index is -5.21. The highest BCUT2D eigenvalue weighted by Crippen LogP contribution is 2.65. The molecule has 2 bridgehead atoms. The number of rotatable bonds is 9. The molecule has 6 rings (SSSR count). The van der Waals surface area contributed by atoms with Crippen LogP contribution in [0.25, 0.3) is 0 Å². The topological polar surface area (TPSA) is 141 Å². The average Bonchev–Trinajstić information content (AvgIpc) is 3.10. The van der Waals surface area contributed by atoms with E-state index in [0.29, 0.717) is 12.3 Å². The number of fused-ring (bicyclic) bond motifs is 1. The fourth-order valence-corrected chi connectivity index (χ4v) is 7.67. The summed E-state index contributed by atoms with van der Waals surface area (Å²) >= 11 is 0. The highest BCUT2D eigenvalue weighted by molar-refractivity contribution is 5.95. The van der Waals surface area contributed by atoms with Gasteiger partial charge in [-0.05, 0) is 76.0 Å². The van der Waals surface area contributed by atoms with E-state index < -0.39 is 65.2 Å². The van der Waals surface area contributed by atoms with E-state index in [2.05, 4.69) is 10.6 Å². The highest BCUT2D eigenvalue weighted by atomic mass is 19.4. The number of piperidine rings is 1. The molecule has 0 aromatic heterocycles. The number of hydrogen-bond acceptors (Lipinski definition) is 6. The van der Waals surface area contributed by atoms with Gasteiger partial charge in [0, 0.05) is 18.0 Å². The maximum atomic E-state index is 13.9. The van der Waals surface area contributed by atoms with Crippen molar-refractivity contribution >= 4 is 23.6 Å². The summed E-state index contributed by atoms with van der Waals surface area (Å²) in [5, 5.41) is 17.2. The van der Waals surface area contributed by atoms with Gasteiger partial charge in [-0.15, -0.1) is 0 Å². The lowest BCUT2D eigenvalue weighted by molar-refractivity contribution is -0.250. The number of hydrogen-bond donors (Lipinski definition) is 3. The summed E-state index contributed by atoms with van der Waals surface area (Å²) in [6.07, 6.45) is -3.37. The molecule has 4 aliphatic carbocycles. The fraction of sp³-hybridized carbons (Fsp3) is 0.821. The first kappa shape index (κ1) is 29.6. The van der Waals surface area contributed by atoms with Crippen LogP contribution in [0.1, 0.15) is 66.7 Å². The van der Waals surface area contributed by atoms with Crippen LogP contribution in [-0.4, -0.2) is 76.6 Å². The standard InChI is InChI=1S/C28H38F3N5O5/c1-13(41-27-7-14(8-27)9-27)19(34-24(40)28(29,30)31)23(39)36-12-17-18(26(17,4)5)20(36)22(38)33-16(11-32)6-15-10-25(2,3)35-21(15)37/h13-20H,6-10,12H2,1-5H3,(H,33,38)(H,34,40)(H,35,37)/t13-,14?,15-,16+,17+,18+,19+,20+,27?/m1/s1. The number of carbonyl (C=O) groups is 4. The summed E-state index contributed by atoms with van der Waals surface area (Å²) in [6.45, 7) is 9.24. The van der Waals surface area contributed by atoms with Crippen molar-refractivity contribution < 1.29 is 37.1 Å². The zero-order chi connectivity index (χ0) is 30.3. The predicted molar refractivity (Wildman–Crippen MR) is 137 cm³/mol. The molecule has 0 aromatic carbocycles. The van der Waals surface area contributed by atoms with Gasteiger partial charge in [-0.1, -0.05) is 13.8 Å². The van der Waals surface area contributed by atoms with Crippen LogP contribution in [0.4, 0.5) is 13.2 Å². The van der Waals surface area contributed by atoms with Crippen LogP contribution >= 0.6 is 0 Å². The molecule has 2 aliphatic heterocycles. The van der Waals surface area contributed by atoms with Gasteiger partial charge < -0.3 is 25.6 Å². The van der Waals surface area contributed by atoms with Crippen molar-refractivity contribution in [3.05, 3.63) is 0 Å². The largest absolute Gasteiger partial charge is 0.471 e. The number of likely N-dealkylation sites (tertiary alicyclic amines) is 1. The molecule has 6 fully saturated rings. The van der Waals surface area contributed by atoms with Crippen molar-refractivity contribution in [3.63, 3.8) is 0 Å². The van der Waals surface area contributed by atoms with E-state index in [1.165, 1.54) is 11.8 Å². The van der Waals surface area contributed by atoms with E-state index >= 15 is 0 Å². The van der Waals surface area contributed by atoms with E-state index in [9.17, 15) is 37.6 Å². The summed E-state index contributed by atoms with van der Waals surface area (Å²) in [5.74, 6) is -4.17. The number of alkyl halides is 3. The second kappa shape index (κ2) is 9.57. The third kappa shape index (κ3) is 5.28. The Morgan fingerprint density at radius 2 is 1.78 bits per heavy atom. The third-order valence-electron chi connectivity index (χ3n) is 10.0. The summed E-state index contributed by atoms with van der Waals surface area (Å²) in [5.41, 5.74) is -1.20. The second-order valence-corrected chi connectivity index (χ2v) is 14.0. The summed E-state index contributed by atoms with van der Waals surface area (Å²) < 4.78 is 45.8. The number of halogens is 3. The Bertz CT molecular complexity index is 1180. The lowest BCUT2D eigenvalue weighted by atomic mass is 9.52. The van der Waals surface area contributed by atoms with Crippen LogP contribution in [-0.2, 0) is 23.9 Å². The maximum Gasteiger partial charge on any atom is 0.471 e. The van der Waals surface area contributed by atoms with Crippen molar-refractivity contribution in [2.75, 3.05) is 6.54 Å². The molecule has 41 heavy (non-hydrogen) atoms. The Balaban J connectivity index is 1.33. The second-order valence-electron chi connectivity index (χ2n) is 14.0. The number of nitrogens with zero attached hydrogens (tertiary/aromatic N) is 2. The molecular weight excluding hydrogens is 543 g/mol. The van der Waals surface area contributed by atoms with Gasteiger partial charge in [0.05, 0.1) is 17.8 Å². The summed E-state index contributed by atoms with van der Waals surface area (Å²) in [4.78, 5) is 53.1. The molecule has 4 amide bonds. The highest BCUT2D eigenvalue weighted by Gasteiger charge is 2.70. The first-order valence-corrected chi connectivity index (χ1v) is 14.3. The molecule has 3 N–H and O–H groups in total. The zero-order valence-corrected chi connectivity index (χ0v) is 23.9. The third-order valence-corrected chi connectivity index (χ3v) is 10.0. The summed E-state index contributed by atoms with van der Waals surface area (Å²) in [6, 6.07) is -1.66. The minimum Gasteiger partial charge on any atom is -0.369 e. The molecule has 0 radical (unpaired) electrons. The van der Waals surface area contributed by atoms with Gasteiger partial charge in [-0.3, -0.25) is 19.2 Å². The van der Waals surface area contributed by atoms with Crippen LogP contribution in [0.2, 0.25) is 0 Å². The van der Waals surface area contributed by atoms with Gasteiger partial charge in [0.15, 0.2) is 0 Å². The Morgan fingerprint density at radius 3 is 2.27 bits per heavy atom. The maximum absolute atomic E-state index is 13.9. The lowest BCUT2D eigenvalue weighted by Crippen LogP contribution is -2.65. The van der Waals surface area contributed by atoms with Crippen LogP contribution in [0.15, 0.2) is 0 Å². The van der Waals surface area contributed by atoms with Crippen molar-refractivity contribution in [3.8, 4) is 6.07 Å². The molecule has 6 aliphatic rings. The van der Waals surface area contributed by atoms with E-state index in [4.69, 9.17) is 4.74 Å². The van der Waals surface area contributed by atoms with Gasteiger partial charge in [-0.2, -0.15) is 18.4 Å². The minimum absolute atomic E-state index is 0.0723. The van der Waals surface area contributed by atoms with Crippen LogP contribution in [0.5, 0.6) is 0 Å². The number of ether oxygens (including phenoxy) is 1. The number of nitriles is 1. The molecule has 226 valence electrons. The lowest BCUT2D eigenvalue weighted by Gasteiger charge is -2.62. The van der Waals surface area contributed by atoms with Gasteiger partial charge in [0.2, 0.25) is 17.7 Å². The van der Waals surface area contributed by atoms with Crippen LogP contribution < -0.4 is 16.0 Å². The Kier molecular flexibility index (Phi) is 6.91. The molecule has 0 spiro atoms. The normalized spacial score (nSPS) is 35.9. The monoisotopic (exact) mass is 581 g/mol. The van der Waals surface area contributed by atoms with Crippen molar-refractivity contribution in [1.82, 2.24) is 20.9 Å². The first-order valence-electron chi connectivity index (χ1n) is 14.3. The van der Waals surface area contributed by atoms with E-state index in [-0.39, 0.29) is 36.1 Å².